The smallest absolute Gasteiger partial charge is 0.295 e. The second-order valence-electron chi connectivity index (χ2n) is 6.23. The summed E-state index contributed by atoms with van der Waals surface area (Å²) in [7, 11) is 0. The molecule has 2 heterocycles. The van der Waals surface area contributed by atoms with E-state index in [-0.39, 0.29) is 5.82 Å². The van der Waals surface area contributed by atoms with Crippen LogP contribution < -0.4 is 5.32 Å². The minimum Gasteiger partial charge on any atom is -0.438 e. The Morgan fingerprint density at radius 3 is 2.70 bits per heavy atom. The maximum atomic E-state index is 13.1. The second-order valence-corrected chi connectivity index (χ2v) is 7.31. The molecule has 1 fully saturated rings. The number of anilines is 1. The first-order valence-electron chi connectivity index (χ1n) is 8.28. The van der Waals surface area contributed by atoms with E-state index in [1.54, 1.807) is 12.1 Å². The lowest BCUT2D eigenvalue weighted by atomic mass is 10.1. The number of alkyl halides is 2. The Bertz CT molecular complexity index is 965. The number of thiazole rings is 1. The van der Waals surface area contributed by atoms with Crippen molar-refractivity contribution in [2.24, 2.45) is 0 Å². The van der Waals surface area contributed by atoms with Crippen LogP contribution in [0.3, 0.4) is 0 Å². The molecule has 0 spiro atoms. The molecule has 5 nitrogen and oxygen atoms in total. The van der Waals surface area contributed by atoms with Crippen LogP contribution >= 0.6 is 11.3 Å². The van der Waals surface area contributed by atoms with Gasteiger partial charge < -0.3 is 4.42 Å². The van der Waals surface area contributed by atoms with Crippen LogP contribution in [0.4, 0.5) is 18.3 Å². The maximum absolute atomic E-state index is 13.1. The van der Waals surface area contributed by atoms with Gasteiger partial charge in [0.15, 0.2) is 17.2 Å². The van der Waals surface area contributed by atoms with Crippen molar-refractivity contribution in [1.29, 1.82) is 0 Å². The highest BCUT2D eigenvalue weighted by atomic mass is 32.1. The zero-order chi connectivity index (χ0) is 19.0. The van der Waals surface area contributed by atoms with Gasteiger partial charge in [-0.05, 0) is 30.5 Å². The van der Waals surface area contributed by atoms with E-state index < -0.39 is 23.8 Å². The summed E-state index contributed by atoms with van der Waals surface area (Å²) < 4.78 is 43.6. The second kappa shape index (κ2) is 7.15. The molecule has 9 heteroatoms. The third-order valence-corrected chi connectivity index (χ3v) is 5.18. The van der Waals surface area contributed by atoms with Crippen LogP contribution in [0.1, 0.15) is 57.6 Å². The fraction of sp³-hybridized carbons (Fsp3) is 0.278. The van der Waals surface area contributed by atoms with E-state index in [1.807, 2.05) is 0 Å². The average Bonchev–Trinajstić information content (AvgIpc) is 3.21. The van der Waals surface area contributed by atoms with Crippen molar-refractivity contribution in [3.05, 3.63) is 64.1 Å². The number of benzene rings is 1. The summed E-state index contributed by atoms with van der Waals surface area (Å²) >= 11 is 1.28. The number of amides is 1. The molecule has 140 valence electrons. The van der Waals surface area contributed by atoms with Gasteiger partial charge in [-0.25, -0.2) is 23.1 Å². The average molecular weight is 393 g/mol. The van der Waals surface area contributed by atoms with E-state index in [4.69, 9.17) is 4.42 Å². The third-order valence-electron chi connectivity index (χ3n) is 4.20. The van der Waals surface area contributed by atoms with E-state index in [2.05, 4.69) is 15.3 Å². The highest BCUT2D eigenvalue weighted by molar-refractivity contribution is 7.16. The highest BCUT2D eigenvalue weighted by Crippen LogP contribution is 2.44. The van der Waals surface area contributed by atoms with Gasteiger partial charge in [0.1, 0.15) is 5.82 Å². The molecule has 0 bridgehead atoms. The number of carbonyl (C=O) groups excluding carboxylic acids is 1. The van der Waals surface area contributed by atoms with Crippen LogP contribution in [-0.4, -0.2) is 15.9 Å². The molecule has 4 rings (SSSR count). The Labute approximate surface area is 156 Å². The first-order valence-corrected chi connectivity index (χ1v) is 9.10. The summed E-state index contributed by atoms with van der Waals surface area (Å²) in [6.07, 6.45) is 0.505. The molecule has 27 heavy (non-hydrogen) atoms. The van der Waals surface area contributed by atoms with Crippen molar-refractivity contribution in [2.45, 2.75) is 31.6 Å². The van der Waals surface area contributed by atoms with Gasteiger partial charge in [0.25, 0.3) is 12.3 Å². The van der Waals surface area contributed by atoms with Crippen molar-refractivity contribution in [1.82, 2.24) is 9.97 Å². The lowest BCUT2D eigenvalue weighted by Gasteiger charge is -2.01. The molecule has 1 aliphatic rings. The first-order chi connectivity index (χ1) is 13.0. The molecule has 1 aromatic carbocycles. The lowest BCUT2D eigenvalue weighted by molar-refractivity contribution is 0.0976. The van der Waals surface area contributed by atoms with Crippen molar-refractivity contribution in [3.63, 3.8) is 0 Å². The van der Waals surface area contributed by atoms with Gasteiger partial charge in [0, 0.05) is 17.2 Å². The SMILES string of the molecule is O=C(Nc1nc(C2CC2)c(Cc2ccc(F)cc2)s1)c1ocnc1C(F)F. The molecule has 0 unspecified atom stereocenters. The molecule has 1 N–H and O–H groups in total. The summed E-state index contributed by atoms with van der Waals surface area (Å²) in [6.45, 7) is 0. The maximum Gasteiger partial charge on any atom is 0.295 e. The number of hydrogen-bond acceptors (Lipinski definition) is 5. The number of oxazole rings is 1. The van der Waals surface area contributed by atoms with E-state index in [0.29, 0.717) is 17.5 Å². The van der Waals surface area contributed by atoms with E-state index in [0.717, 1.165) is 35.4 Å². The number of aromatic nitrogens is 2. The molecule has 0 atom stereocenters. The summed E-state index contributed by atoms with van der Waals surface area (Å²) in [5, 5.41) is 2.83. The highest BCUT2D eigenvalue weighted by Gasteiger charge is 2.31. The van der Waals surface area contributed by atoms with Crippen molar-refractivity contribution in [2.75, 3.05) is 5.32 Å². The molecule has 0 saturated heterocycles. The lowest BCUT2D eigenvalue weighted by Crippen LogP contribution is -2.13. The molecule has 3 aromatic rings. The standard InChI is InChI=1S/C18H14F3N3O2S/c19-11-5-1-9(2-6-11)7-12-13(10-3-4-10)23-18(27-12)24-17(25)15-14(16(20)21)22-8-26-15/h1-2,5-6,8,10,16H,3-4,7H2,(H,23,24,25). The minimum atomic E-state index is -2.91. The van der Waals surface area contributed by atoms with Crippen LogP contribution in [0, 0.1) is 5.82 Å². The fourth-order valence-corrected chi connectivity index (χ4v) is 3.82. The Morgan fingerprint density at radius 2 is 2.04 bits per heavy atom. The molecule has 1 amide bonds. The Morgan fingerprint density at radius 1 is 1.30 bits per heavy atom. The largest absolute Gasteiger partial charge is 0.438 e. The predicted octanol–water partition coefficient (Wildman–Crippen LogP) is 4.93. The first kappa shape index (κ1) is 17.7. The summed E-state index contributed by atoms with van der Waals surface area (Å²) in [5.41, 5.74) is 1.12. The van der Waals surface area contributed by atoms with Gasteiger partial charge in [0.2, 0.25) is 5.76 Å². The molecule has 0 aliphatic heterocycles. The topological polar surface area (TPSA) is 68.0 Å². The number of nitrogens with zero attached hydrogens (tertiary/aromatic N) is 2. The van der Waals surface area contributed by atoms with Crippen LogP contribution in [-0.2, 0) is 6.42 Å². The summed E-state index contributed by atoms with van der Waals surface area (Å²) in [6, 6.07) is 6.19. The zero-order valence-electron chi connectivity index (χ0n) is 13.9. The Kier molecular flexibility index (Phi) is 4.69. The Balaban J connectivity index is 1.56. The van der Waals surface area contributed by atoms with E-state index >= 15 is 0 Å². The Hall–Kier alpha value is -2.68. The molecule has 2 aromatic heterocycles. The number of rotatable bonds is 6. The van der Waals surface area contributed by atoms with E-state index in [1.165, 1.54) is 23.5 Å². The number of nitrogens with one attached hydrogen (secondary N) is 1. The van der Waals surface area contributed by atoms with Crippen molar-refractivity contribution >= 4 is 22.4 Å². The molecular formula is C18H14F3N3O2S. The van der Waals surface area contributed by atoms with Gasteiger partial charge in [-0.1, -0.05) is 12.1 Å². The molecule has 0 radical (unpaired) electrons. The molecule has 1 aliphatic carbocycles. The minimum absolute atomic E-state index is 0.305. The molecule has 1 saturated carbocycles. The van der Waals surface area contributed by atoms with Crippen LogP contribution in [0.15, 0.2) is 35.1 Å². The van der Waals surface area contributed by atoms with Gasteiger partial charge in [-0.2, -0.15) is 0 Å². The van der Waals surface area contributed by atoms with Gasteiger partial charge in [-0.3, -0.25) is 10.1 Å². The number of halogens is 3. The van der Waals surface area contributed by atoms with Crippen molar-refractivity contribution in [3.8, 4) is 0 Å². The van der Waals surface area contributed by atoms with E-state index in [9.17, 15) is 18.0 Å². The third kappa shape index (κ3) is 3.87. The van der Waals surface area contributed by atoms with Gasteiger partial charge >= 0.3 is 0 Å². The van der Waals surface area contributed by atoms with Crippen LogP contribution in [0.2, 0.25) is 0 Å². The fourth-order valence-electron chi connectivity index (χ4n) is 2.74. The van der Waals surface area contributed by atoms with Crippen LogP contribution in [0.5, 0.6) is 0 Å². The molecular weight excluding hydrogens is 379 g/mol. The van der Waals surface area contributed by atoms with Gasteiger partial charge in [0.05, 0.1) is 5.69 Å². The number of carbonyl (C=O) groups is 1. The quantitative estimate of drug-likeness (QED) is 0.645. The summed E-state index contributed by atoms with van der Waals surface area (Å²) in [5.74, 6) is -1.30. The van der Waals surface area contributed by atoms with Gasteiger partial charge in [-0.15, -0.1) is 11.3 Å². The van der Waals surface area contributed by atoms with Crippen molar-refractivity contribution < 1.29 is 22.4 Å². The van der Waals surface area contributed by atoms with Crippen LogP contribution in [0.25, 0.3) is 0 Å². The predicted molar refractivity (Wildman–Crippen MR) is 92.7 cm³/mol. The monoisotopic (exact) mass is 393 g/mol. The number of hydrogen-bond donors (Lipinski definition) is 1. The summed E-state index contributed by atoms with van der Waals surface area (Å²) in [4.78, 5) is 21.1. The normalized spacial score (nSPS) is 13.9. The zero-order valence-corrected chi connectivity index (χ0v) is 14.7.